The van der Waals surface area contributed by atoms with E-state index in [0.717, 1.165) is 10.9 Å². The molecule has 0 aliphatic rings. The van der Waals surface area contributed by atoms with Crippen LogP contribution in [0.5, 0.6) is 5.75 Å². The van der Waals surface area contributed by atoms with Crippen LogP contribution in [0, 0.1) is 5.41 Å². The Morgan fingerprint density at radius 3 is 2.71 bits per heavy atom. The lowest BCUT2D eigenvalue weighted by Gasteiger charge is -2.09. The molecule has 6 nitrogen and oxygen atoms in total. The second-order valence-electron chi connectivity index (χ2n) is 5.00. The number of aromatic nitrogens is 1. The average molecular weight is 344 g/mol. The van der Waals surface area contributed by atoms with E-state index in [1.807, 2.05) is 24.4 Å². The number of hydrogen-bond donors (Lipinski definition) is 3. The summed E-state index contributed by atoms with van der Waals surface area (Å²) >= 11 is 5.98. The zero-order valence-corrected chi connectivity index (χ0v) is 13.5. The van der Waals surface area contributed by atoms with Gasteiger partial charge in [0.05, 0.1) is 17.7 Å². The standard InChI is InChI=1S/C17H14ClN3O3/c1-23-15-5-3-12(9-13(15)18)17(22)24-21-16(19)11-2-4-14-10(8-11)6-7-20-14/h2-9,20H,1H3,(H2,19,21). The third-order valence-electron chi connectivity index (χ3n) is 3.48. The molecule has 0 atom stereocenters. The van der Waals surface area contributed by atoms with Gasteiger partial charge >= 0.3 is 5.97 Å². The summed E-state index contributed by atoms with van der Waals surface area (Å²) in [7, 11) is 1.49. The first-order chi connectivity index (χ1) is 11.6. The van der Waals surface area contributed by atoms with Crippen LogP contribution in [0.2, 0.25) is 5.02 Å². The van der Waals surface area contributed by atoms with Crippen LogP contribution in [0.1, 0.15) is 15.9 Å². The Bertz CT molecular complexity index is 920. The number of methoxy groups -OCH3 is 1. The van der Waals surface area contributed by atoms with Crippen LogP contribution in [-0.2, 0) is 4.84 Å². The fourth-order valence-electron chi connectivity index (χ4n) is 2.22. The molecule has 1 heterocycles. The number of H-pyrrole nitrogens is 1. The van der Waals surface area contributed by atoms with E-state index in [-0.39, 0.29) is 11.4 Å². The molecule has 0 spiro atoms. The second-order valence-corrected chi connectivity index (χ2v) is 5.40. The molecule has 24 heavy (non-hydrogen) atoms. The summed E-state index contributed by atoms with van der Waals surface area (Å²) in [6.45, 7) is 0. The van der Waals surface area contributed by atoms with Gasteiger partial charge in [0.25, 0.3) is 0 Å². The van der Waals surface area contributed by atoms with Gasteiger partial charge in [-0.1, -0.05) is 11.6 Å². The maximum Gasteiger partial charge on any atom is 0.362 e. The van der Waals surface area contributed by atoms with E-state index in [1.165, 1.54) is 19.2 Å². The van der Waals surface area contributed by atoms with Gasteiger partial charge in [0, 0.05) is 22.7 Å². The molecule has 0 aliphatic carbocycles. The predicted molar refractivity (Wildman–Crippen MR) is 91.7 cm³/mol. The summed E-state index contributed by atoms with van der Waals surface area (Å²) in [6, 6.07) is 11.9. The van der Waals surface area contributed by atoms with Crippen molar-refractivity contribution < 1.29 is 14.4 Å². The predicted octanol–water partition coefficient (Wildman–Crippen LogP) is 3.52. The Labute approximate surface area is 142 Å². The number of hydrogen-bond acceptors (Lipinski definition) is 4. The molecule has 7 heteroatoms. The zero-order chi connectivity index (χ0) is 17.1. The summed E-state index contributed by atoms with van der Waals surface area (Å²) in [5.41, 5.74) is 4.17. The van der Waals surface area contributed by atoms with Gasteiger partial charge in [-0.25, -0.2) is 4.79 Å². The zero-order valence-electron chi connectivity index (χ0n) is 12.7. The van der Waals surface area contributed by atoms with Gasteiger partial charge in [-0.15, -0.1) is 0 Å². The number of hydroxylamine groups is 1. The van der Waals surface area contributed by atoms with Crippen molar-refractivity contribution in [2.45, 2.75) is 0 Å². The van der Waals surface area contributed by atoms with Crippen LogP contribution in [0.4, 0.5) is 0 Å². The number of ether oxygens (including phenoxy) is 1. The van der Waals surface area contributed by atoms with Crippen molar-refractivity contribution in [3.05, 3.63) is 64.8 Å². The Morgan fingerprint density at radius 2 is 1.96 bits per heavy atom. The topological polar surface area (TPSA) is 87.2 Å². The van der Waals surface area contributed by atoms with E-state index >= 15 is 0 Å². The Balaban J connectivity index is 1.67. The highest BCUT2D eigenvalue weighted by molar-refractivity contribution is 6.32. The molecule has 3 rings (SSSR count). The number of nitrogens with one attached hydrogen (secondary N) is 3. The van der Waals surface area contributed by atoms with Gasteiger partial charge < -0.3 is 14.6 Å². The molecule has 0 bridgehead atoms. The smallest absolute Gasteiger partial charge is 0.362 e. The monoisotopic (exact) mass is 343 g/mol. The largest absolute Gasteiger partial charge is 0.495 e. The molecular weight excluding hydrogens is 330 g/mol. The molecule has 0 fully saturated rings. The quantitative estimate of drug-likeness (QED) is 0.386. The molecule has 2 aromatic carbocycles. The molecule has 0 radical (unpaired) electrons. The summed E-state index contributed by atoms with van der Waals surface area (Å²) < 4.78 is 5.03. The van der Waals surface area contributed by atoms with Gasteiger partial charge in [0.15, 0.2) is 5.84 Å². The fraction of sp³-hybridized carbons (Fsp3) is 0.0588. The fourth-order valence-corrected chi connectivity index (χ4v) is 2.48. The van der Waals surface area contributed by atoms with E-state index in [0.29, 0.717) is 16.3 Å². The van der Waals surface area contributed by atoms with E-state index in [4.69, 9.17) is 26.6 Å². The van der Waals surface area contributed by atoms with Crippen LogP contribution in [0.25, 0.3) is 10.9 Å². The minimum atomic E-state index is -0.646. The van der Waals surface area contributed by atoms with Crippen molar-refractivity contribution in [3.8, 4) is 5.75 Å². The number of carbonyl (C=O) groups is 1. The summed E-state index contributed by atoms with van der Waals surface area (Å²) in [4.78, 5) is 20.0. The highest BCUT2D eigenvalue weighted by Gasteiger charge is 2.12. The minimum absolute atomic E-state index is 0.0222. The number of rotatable bonds is 3. The molecule has 0 saturated carbocycles. The number of carbonyl (C=O) groups excluding carboxylic acids is 1. The van der Waals surface area contributed by atoms with Gasteiger partial charge in [0.2, 0.25) is 0 Å². The third-order valence-corrected chi connectivity index (χ3v) is 3.77. The van der Waals surface area contributed by atoms with E-state index in [1.54, 1.807) is 12.1 Å². The van der Waals surface area contributed by atoms with Crippen molar-refractivity contribution in [1.82, 2.24) is 10.5 Å². The maximum absolute atomic E-state index is 12.0. The first-order valence-corrected chi connectivity index (χ1v) is 7.43. The lowest BCUT2D eigenvalue weighted by molar-refractivity contribution is 0.0386. The van der Waals surface area contributed by atoms with Crippen molar-refractivity contribution in [3.63, 3.8) is 0 Å². The summed E-state index contributed by atoms with van der Waals surface area (Å²) in [5, 5.41) is 9.25. The van der Waals surface area contributed by atoms with Crippen molar-refractivity contribution in [1.29, 1.82) is 5.41 Å². The molecule has 3 N–H and O–H groups in total. The van der Waals surface area contributed by atoms with E-state index in [2.05, 4.69) is 10.5 Å². The van der Waals surface area contributed by atoms with Crippen molar-refractivity contribution >= 4 is 34.3 Å². The normalized spacial score (nSPS) is 10.4. The maximum atomic E-state index is 12.0. The lowest BCUT2D eigenvalue weighted by Crippen LogP contribution is -2.27. The van der Waals surface area contributed by atoms with Gasteiger partial charge in [0.1, 0.15) is 5.75 Å². The summed E-state index contributed by atoms with van der Waals surface area (Å²) in [6.07, 6.45) is 1.82. The van der Waals surface area contributed by atoms with Gasteiger partial charge in [-0.05, 0) is 42.5 Å². The number of aromatic amines is 1. The van der Waals surface area contributed by atoms with Crippen LogP contribution in [0.3, 0.4) is 0 Å². The number of amidine groups is 1. The molecule has 0 aliphatic heterocycles. The first-order valence-electron chi connectivity index (χ1n) is 7.05. The number of halogens is 1. The van der Waals surface area contributed by atoms with Gasteiger partial charge in [-0.3, -0.25) is 5.41 Å². The third kappa shape index (κ3) is 3.18. The molecule has 122 valence electrons. The number of fused-ring (bicyclic) bond motifs is 1. The lowest BCUT2D eigenvalue weighted by atomic mass is 10.1. The van der Waals surface area contributed by atoms with Crippen LogP contribution < -0.4 is 10.2 Å². The van der Waals surface area contributed by atoms with E-state index < -0.39 is 5.97 Å². The molecule has 3 aromatic rings. The Kier molecular flexibility index (Phi) is 4.39. The van der Waals surface area contributed by atoms with Crippen LogP contribution >= 0.6 is 11.6 Å². The second kappa shape index (κ2) is 6.64. The molecular formula is C17H14ClN3O3. The molecule has 0 saturated heterocycles. The highest BCUT2D eigenvalue weighted by Crippen LogP contribution is 2.25. The highest BCUT2D eigenvalue weighted by atomic mass is 35.5. The average Bonchev–Trinajstić information content (AvgIpc) is 3.06. The Hall–Kier alpha value is -2.99. The summed E-state index contributed by atoms with van der Waals surface area (Å²) in [5.74, 6) is -0.202. The van der Waals surface area contributed by atoms with Gasteiger partial charge in [-0.2, -0.15) is 5.48 Å². The first kappa shape index (κ1) is 15.9. The van der Waals surface area contributed by atoms with Crippen molar-refractivity contribution in [2.75, 3.05) is 7.11 Å². The van der Waals surface area contributed by atoms with E-state index in [9.17, 15) is 4.79 Å². The number of benzene rings is 2. The Morgan fingerprint density at radius 1 is 1.17 bits per heavy atom. The molecule has 1 aromatic heterocycles. The SMILES string of the molecule is COc1ccc(C(=O)ONC(=N)c2ccc3[nH]ccc3c2)cc1Cl. The van der Waals surface area contributed by atoms with Crippen molar-refractivity contribution in [2.24, 2.45) is 0 Å². The molecule has 0 unspecified atom stereocenters. The minimum Gasteiger partial charge on any atom is -0.495 e. The van der Waals surface area contributed by atoms with Crippen LogP contribution in [-0.4, -0.2) is 23.9 Å². The van der Waals surface area contributed by atoms with Crippen LogP contribution in [0.15, 0.2) is 48.7 Å². The molecule has 0 amide bonds.